The third-order valence-electron chi connectivity index (χ3n) is 4.57. The molecule has 1 aromatic heterocycles. The van der Waals surface area contributed by atoms with Crippen LogP contribution < -0.4 is 15.0 Å². The molecule has 148 valence electrons. The van der Waals surface area contributed by atoms with Gasteiger partial charge in [-0.25, -0.2) is 4.79 Å². The maximum absolute atomic E-state index is 12.8. The van der Waals surface area contributed by atoms with Crippen LogP contribution in [0.2, 0.25) is 0 Å². The molecule has 0 spiro atoms. The van der Waals surface area contributed by atoms with Crippen molar-refractivity contribution in [2.24, 2.45) is 0 Å². The van der Waals surface area contributed by atoms with Crippen LogP contribution >= 0.6 is 0 Å². The Bertz CT molecular complexity index is 1060. The first-order chi connectivity index (χ1) is 14.1. The molecule has 1 N–H and O–H groups in total. The summed E-state index contributed by atoms with van der Waals surface area (Å²) in [6.45, 7) is -0.484. The number of likely N-dealkylation sites (N-methyl/N-ethyl adjacent to an activating group) is 1. The Morgan fingerprint density at radius 3 is 2.69 bits per heavy atom. The van der Waals surface area contributed by atoms with Gasteiger partial charge in [-0.3, -0.25) is 9.59 Å². The van der Waals surface area contributed by atoms with Crippen molar-refractivity contribution >= 4 is 34.4 Å². The molecule has 3 aromatic rings. The Morgan fingerprint density at radius 1 is 1.14 bits per heavy atom. The maximum Gasteiger partial charge on any atom is 0.374 e. The van der Waals surface area contributed by atoms with E-state index in [-0.39, 0.29) is 18.2 Å². The molecule has 1 unspecified atom stereocenters. The van der Waals surface area contributed by atoms with E-state index < -0.39 is 24.6 Å². The SMILES string of the molecule is CNC(=O)C1CN(C(=O)COC(=O)c2cc3ccccc3o2)c2ccccc2O1. The fraction of sp³-hybridized carbons (Fsp3) is 0.190. The third kappa shape index (κ3) is 3.64. The highest BCUT2D eigenvalue weighted by Crippen LogP contribution is 2.33. The number of fused-ring (bicyclic) bond motifs is 2. The average molecular weight is 394 g/mol. The van der Waals surface area contributed by atoms with Gasteiger partial charge >= 0.3 is 5.97 Å². The molecule has 1 aliphatic rings. The van der Waals surface area contributed by atoms with Gasteiger partial charge in [0.2, 0.25) is 5.76 Å². The predicted molar refractivity (Wildman–Crippen MR) is 104 cm³/mol. The number of esters is 1. The van der Waals surface area contributed by atoms with Crippen LogP contribution in [0.25, 0.3) is 11.0 Å². The number of nitrogens with one attached hydrogen (secondary N) is 1. The van der Waals surface area contributed by atoms with Crippen molar-refractivity contribution in [3.8, 4) is 5.75 Å². The number of benzene rings is 2. The second kappa shape index (κ2) is 7.67. The number of para-hydroxylation sites is 3. The van der Waals surface area contributed by atoms with Crippen LogP contribution in [0.15, 0.2) is 59.0 Å². The minimum atomic E-state index is -0.857. The number of anilines is 1. The Balaban J connectivity index is 1.48. The van der Waals surface area contributed by atoms with Crippen molar-refractivity contribution in [2.75, 3.05) is 25.1 Å². The van der Waals surface area contributed by atoms with Gasteiger partial charge in [0.15, 0.2) is 12.7 Å². The van der Waals surface area contributed by atoms with Crippen molar-refractivity contribution in [3.63, 3.8) is 0 Å². The molecule has 0 fully saturated rings. The van der Waals surface area contributed by atoms with Gasteiger partial charge in [-0.1, -0.05) is 30.3 Å². The van der Waals surface area contributed by atoms with E-state index in [2.05, 4.69) is 5.32 Å². The smallest absolute Gasteiger partial charge is 0.374 e. The van der Waals surface area contributed by atoms with Crippen molar-refractivity contribution in [1.29, 1.82) is 0 Å². The van der Waals surface area contributed by atoms with Gasteiger partial charge in [-0.05, 0) is 24.3 Å². The molecular formula is C21H18N2O6. The van der Waals surface area contributed by atoms with E-state index in [9.17, 15) is 14.4 Å². The van der Waals surface area contributed by atoms with E-state index in [1.807, 2.05) is 12.1 Å². The van der Waals surface area contributed by atoms with Gasteiger partial charge in [-0.15, -0.1) is 0 Å². The van der Waals surface area contributed by atoms with Gasteiger partial charge in [0.1, 0.15) is 11.3 Å². The third-order valence-corrected chi connectivity index (χ3v) is 4.57. The summed E-state index contributed by atoms with van der Waals surface area (Å²) in [6, 6.07) is 15.6. The van der Waals surface area contributed by atoms with Crippen molar-refractivity contribution < 1.29 is 28.3 Å². The summed E-state index contributed by atoms with van der Waals surface area (Å²) in [4.78, 5) is 38.4. The monoisotopic (exact) mass is 394 g/mol. The lowest BCUT2D eigenvalue weighted by atomic mass is 10.1. The summed E-state index contributed by atoms with van der Waals surface area (Å²) in [5, 5.41) is 3.27. The zero-order valence-electron chi connectivity index (χ0n) is 15.6. The first-order valence-electron chi connectivity index (χ1n) is 9.00. The summed E-state index contributed by atoms with van der Waals surface area (Å²) in [7, 11) is 1.49. The number of rotatable bonds is 4. The molecular weight excluding hydrogens is 376 g/mol. The first-order valence-corrected chi connectivity index (χ1v) is 9.00. The largest absolute Gasteiger partial charge is 0.477 e. The number of hydrogen-bond acceptors (Lipinski definition) is 6. The van der Waals surface area contributed by atoms with Crippen molar-refractivity contribution in [3.05, 3.63) is 60.4 Å². The highest BCUT2D eigenvalue weighted by Gasteiger charge is 2.33. The van der Waals surface area contributed by atoms with E-state index in [0.29, 0.717) is 17.0 Å². The highest BCUT2D eigenvalue weighted by molar-refractivity contribution is 6.00. The topological polar surface area (TPSA) is 98.1 Å². The molecule has 0 bridgehead atoms. The molecule has 0 saturated heterocycles. The Hall–Kier alpha value is -3.81. The average Bonchev–Trinajstić information content (AvgIpc) is 3.20. The minimum absolute atomic E-state index is 0.0116. The van der Waals surface area contributed by atoms with Gasteiger partial charge in [0.25, 0.3) is 11.8 Å². The van der Waals surface area contributed by atoms with Crippen LogP contribution in [0.4, 0.5) is 5.69 Å². The Morgan fingerprint density at radius 2 is 1.90 bits per heavy atom. The Labute approximate surface area is 166 Å². The summed E-state index contributed by atoms with van der Waals surface area (Å²) in [5.74, 6) is -1.14. The number of furan rings is 1. The van der Waals surface area contributed by atoms with Crippen LogP contribution in [0.3, 0.4) is 0 Å². The van der Waals surface area contributed by atoms with E-state index in [4.69, 9.17) is 13.9 Å². The molecule has 2 aromatic carbocycles. The molecule has 0 aliphatic carbocycles. The number of nitrogens with zero attached hydrogens (tertiary/aromatic N) is 1. The quantitative estimate of drug-likeness (QED) is 0.681. The molecule has 8 heteroatoms. The van der Waals surface area contributed by atoms with Gasteiger partial charge in [-0.2, -0.15) is 0 Å². The lowest BCUT2D eigenvalue weighted by Gasteiger charge is -2.33. The lowest BCUT2D eigenvalue weighted by Crippen LogP contribution is -2.51. The highest BCUT2D eigenvalue weighted by atomic mass is 16.5. The normalized spacial score (nSPS) is 15.3. The van der Waals surface area contributed by atoms with Crippen molar-refractivity contribution in [2.45, 2.75) is 6.10 Å². The second-order valence-electron chi connectivity index (χ2n) is 6.42. The fourth-order valence-corrected chi connectivity index (χ4v) is 3.13. The molecule has 2 amide bonds. The molecule has 0 saturated carbocycles. The first kappa shape index (κ1) is 18.5. The Kier molecular flexibility index (Phi) is 4.90. The number of carbonyl (C=O) groups excluding carboxylic acids is 3. The van der Waals surface area contributed by atoms with Crippen LogP contribution in [-0.4, -0.2) is 44.1 Å². The minimum Gasteiger partial charge on any atom is -0.477 e. The maximum atomic E-state index is 12.8. The lowest BCUT2D eigenvalue weighted by molar-refractivity contribution is -0.128. The summed E-state index contributed by atoms with van der Waals surface area (Å²) < 4.78 is 16.3. The van der Waals surface area contributed by atoms with Crippen LogP contribution in [0, 0.1) is 0 Å². The van der Waals surface area contributed by atoms with E-state index in [1.54, 1.807) is 42.5 Å². The molecule has 4 rings (SSSR count). The summed E-state index contributed by atoms with van der Waals surface area (Å²) in [5.41, 5.74) is 1.07. The second-order valence-corrected chi connectivity index (χ2v) is 6.42. The molecule has 2 heterocycles. The number of amides is 2. The molecule has 0 radical (unpaired) electrons. The fourth-order valence-electron chi connectivity index (χ4n) is 3.13. The summed E-state index contributed by atoms with van der Waals surface area (Å²) in [6.07, 6.45) is -0.857. The van der Waals surface area contributed by atoms with Crippen LogP contribution in [0.5, 0.6) is 5.75 Å². The number of carbonyl (C=O) groups is 3. The van der Waals surface area contributed by atoms with Gasteiger partial charge in [0.05, 0.1) is 12.2 Å². The van der Waals surface area contributed by atoms with Crippen molar-refractivity contribution in [1.82, 2.24) is 5.32 Å². The van der Waals surface area contributed by atoms with E-state index >= 15 is 0 Å². The van der Waals surface area contributed by atoms with E-state index in [0.717, 1.165) is 5.39 Å². The molecule has 1 aliphatic heterocycles. The molecule has 8 nitrogen and oxygen atoms in total. The van der Waals surface area contributed by atoms with Crippen LogP contribution in [-0.2, 0) is 14.3 Å². The van der Waals surface area contributed by atoms with Gasteiger partial charge in [0, 0.05) is 12.4 Å². The number of ether oxygens (including phenoxy) is 2. The molecule has 29 heavy (non-hydrogen) atoms. The van der Waals surface area contributed by atoms with E-state index in [1.165, 1.54) is 11.9 Å². The molecule has 1 atom stereocenters. The van der Waals surface area contributed by atoms with Crippen LogP contribution in [0.1, 0.15) is 10.6 Å². The predicted octanol–water partition coefficient (Wildman–Crippen LogP) is 2.13. The zero-order chi connectivity index (χ0) is 20.4. The van der Waals surface area contributed by atoms with Gasteiger partial charge < -0.3 is 24.1 Å². The number of hydrogen-bond donors (Lipinski definition) is 1. The summed E-state index contributed by atoms with van der Waals surface area (Å²) >= 11 is 0. The standard InChI is InChI=1S/C21H18N2O6/c1-22-20(25)18-11-23(14-7-3-5-9-16(14)29-18)19(24)12-27-21(26)17-10-13-6-2-4-8-15(13)28-17/h2-10,18H,11-12H2,1H3,(H,22,25). The zero-order valence-corrected chi connectivity index (χ0v) is 15.6.